The maximum absolute atomic E-state index is 10.9. The number of anilines is 1. The van der Waals surface area contributed by atoms with Gasteiger partial charge in [0.15, 0.2) is 6.10 Å². The van der Waals surface area contributed by atoms with E-state index >= 15 is 0 Å². The van der Waals surface area contributed by atoms with E-state index in [9.17, 15) is 5.11 Å². The third-order valence-corrected chi connectivity index (χ3v) is 4.87. The van der Waals surface area contributed by atoms with Crippen LogP contribution in [0.2, 0.25) is 0 Å². The molecule has 4 rings (SSSR count). The van der Waals surface area contributed by atoms with Crippen molar-refractivity contribution in [2.24, 2.45) is 0 Å². The van der Waals surface area contributed by atoms with E-state index in [1.165, 1.54) is 0 Å². The molecular formula is C22H24N2O4. The van der Waals surface area contributed by atoms with Gasteiger partial charge in [0.25, 0.3) is 0 Å². The molecule has 6 nitrogen and oxygen atoms in total. The summed E-state index contributed by atoms with van der Waals surface area (Å²) in [6, 6.07) is 17.5. The van der Waals surface area contributed by atoms with Gasteiger partial charge in [-0.25, -0.2) is 4.98 Å². The number of morpholine rings is 1. The third-order valence-electron chi connectivity index (χ3n) is 4.87. The Labute approximate surface area is 164 Å². The first-order valence-corrected chi connectivity index (χ1v) is 9.43. The Morgan fingerprint density at radius 1 is 1.07 bits per heavy atom. The van der Waals surface area contributed by atoms with Gasteiger partial charge in [-0.15, -0.1) is 0 Å². The zero-order chi connectivity index (χ0) is 19.3. The first-order valence-electron chi connectivity index (χ1n) is 9.43. The molecule has 0 bridgehead atoms. The summed E-state index contributed by atoms with van der Waals surface area (Å²) in [5.74, 6) is 1.58. The molecule has 2 heterocycles. The number of aromatic nitrogens is 1. The predicted octanol–water partition coefficient (Wildman–Crippen LogP) is 3.19. The summed E-state index contributed by atoms with van der Waals surface area (Å²) in [4.78, 5) is 6.81. The molecule has 0 amide bonds. The molecule has 1 fully saturated rings. The molecule has 1 aromatic heterocycles. The highest BCUT2D eigenvalue weighted by Crippen LogP contribution is 2.34. The SMILES string of the molecule is COc1ccccc1C(O)c1nc(Cc2ccccc2)c(N2CCOCC2)o1. The summed E-state index contributed by atoms with van der Waals surface area (Å²) >= 11 is 0. The quantitative estimate of drug-likeness (QED) is 0.708. The maximum atomic E-state index is 10.9. The minimum absolute atomic E-state index is 0.275. The largest absolute Gasteiger partial charge is 0.496 e. The molecular weight excluding hydrogens is 356 g/mol. The van der Waals surface area contributed by atoms with Gasteiger partial charge in [-0.2, -0.15) is 0 Å². The molecule has 1 atom stereocenters. The first kappa shape index (κ1) is 18.5. The van der Waals surface area contributed by atoms with Crippen molar-refractivity contribution < 1.29 is 19.0 Å². The van der Waals surface area contributed by atoms with Crippen molar-refractivity contribution in [2.45, 2.75) is 12.5 Å². The van der Waals surface area contributed by atoms with E-state index in [1.807, 2.05) is 42.5 Å². The molecule has 1 aliphatic heterocycles. The van der Waals surface area contributed by atoms with Crippen LogP contribution in [0.1, 0.15) is 28.8 Å². The fraction of sp³-hybridized carbons (Fsp3) is 0.318. The molecule has 0 saturated carbocycles. The Morgan fingerprint density at radius 2 is 1.79 bits per heavy atom. The van der Waals surface area contributed by atoms with Gasteiger partial charge in [0.05, 0.1) is 20.3 Å². The third kappa shape index (κ3) is 3.88. The van der Waals surface area contributed by atoms with Crippen LogP contribution in [0.25, 0.3) is 0 Å². The van der Waals surface area contributed by atoms with Gasteiger partial charge in [-0.05, 0) is 11.6 Å². The molecule has 1 saturated heterocycles. The highest BCUT2D eigenvalue weighted by molar-refractivity contribution is 5.45. The van der Waals surface area contributed by atoms with Crippen LogP contribution in [0.4, 0.5) is 5.88 Å². The second-order valence-corrected chi connectivity index (χ2v) is 6.71. The molecule has 0 radical (unpaired) electrons. The van der Waals surface area contributed by atoms with Crippen LogP contribution < -0.4 is 9.64 Å². The van der Waals surface area contributed by atoms with Crippen LogP contribution in [0.3, 0.4) is 0 Å². The van der Waals surface area contributed by atoms with Crippen LogP contribution in [-0.2, 0) is 11.2 Å². The van der Waals surface area contributed by atoms with E-state index in [2.05, 4.69) is 22.0 Å². The van der Waals surface area contributed by atoms with Gasteiger partial charge in [0.1, 0.15) is 11.4 Å². The first-order chi connectivity index (χ1) is 13.8. The lowest BCUT2D eigenvalue weighted by atomic mass is 10.1. The van der Waals surface area contributed by atoms with Crippen LogP contribution in [0.5, 0.6) is 5.75 Å². The Morgan fingerprint density at radius 3 is 2.54 bits per heavy atom. The van der Waals surface area contributed by atoms with E-state index in [0.29, 0.717) is 36.8 Å². The number of hydrogen-bond donors (Lipinski definition) is 1. The second kappa shape index (κ2) is 8.46. The van der Waals surface area contributed by atoms with Crippen molar-refractivity contribution in [3.63, 3.8) is 0 Å². The Balaban J connectivity index is 1.69. The topological polar surface area (TPSA) is 68.0 Å². The Hall–Kier alpha value is -2.83. The van der Waals surface area contributed by atoms with Crippen molar-refractivity contribution in [1.82, 2.24) is 4.98 Å². The van der Waals surface area contributed by atoms with E-state index in [0.717, 1.165) is 24.3 Å². The average molecular weight is 380 g/mol. The number of nitrogens with zero attached hydrogens (tertiary/aromatic N) is 2. The Kier molecular flexibility index (Phi) is 5.60. The number of para-hydroxylation sites is 1. The number of benzene rings is 2. The van der Waals surface area contributed by atoms with Crippen molar-refractivity contribution in [2.75, 3.05) is 38.3 Å². The summed E-state index contributed by atoms with van der Waals surface area (Å²) in [6.45, 7) is 2.77. The van der Waals surface area contributed by atoms with E-state index in [1.54, 1.807) is 7.11 Å². The van der Waals surface area contributed by atoms with Gasteiger partial charge in [-0.3, -0.25) is 0 Å². The maximum Gasteiger partial charge on any atom is 0.230 e. The molecule has 3 aromatic rings. The minimum atomic E-state index is -1.000. The van der Waals surface area contributed by atoms with Gasteiger partial charge in [0, 0.05) is 25.1 Å². The molecule has 1 N–H and O–H groups in total. The van der Waals surface area contributed by atoms with Gasteiger partial charge in [-0.1, -0.05) is 48.5 Å². The lowest BCUT2D eigenvalue weighted by molar-refractivity contribution is 0.119. The number of aliphatic hydroxyl groups excluding tert-OH is 1. The fourth-order valence-electron chi connectivity index (χ4n) is 3.42. The summed E-state index contributed by atoms with van der Waals surface area (Å²) in [6.07, 6.45) is -0.365. The Bertz CT molecular complexity index is 904. The molecule has 0 aliphatic carbocycles. The van der Waals surface area contributed by atoms with E-state index < -0.39 is 6.10 Å². The minimum Gasteiger partial charge on any atom is -0.496 e. The fourth-order valence-corrected chi connectivity index (χ4v) is 3.42. The molecule has 1 unspecified atom stereocenters. The van der Waals surface area contributed by atoms with Crippen molar-refractivity contribution in [1.29, 1.82) is 0 Å². The smallest absolute Gasteiger partial charge is 0.230 e. The summed E-state index contributed by atoms with van der Waals surface area (Å²) in [7, 11) is 1.58. The molecule has 146 valence electrons. The highest BCUT2D eigenvalue weighted by Gasteiger charge is 2.26. The average Bonchev–Trinajstić information content (AvgIpc) is 3.18. The van der Waals surface area contributed by atoms with Crippen molar-refractivity contribution in [3.05, 3.63) is 77.3 Å². The predicted molar refractivity (Wildman–Crippen MR) is 106 cm³/mol. The van der Waals surface area contributed by atoms with Gasteiger partial charge >= 0.3 is 0 Å². The second-order valence-electron chi connectivity index (χ2n) is 6.71. The molecule has 0 spiro atoms. The van der Waals surface area contributed by atoms with E-state index in [4.69, 9.17) is 13.9 Å². The van der Waals surface area contributed by atoms with Crippen LogP contribution in [-0.4, -0.2) is 43.5 Å². The molecule has 1 aliphatic rings. The zero-order valence-electron chi connectivity index (χ0n) is 15.9. The number of aliphatic hydroxyl groups is 1. The molecule has 2 aromatic carbocycles. The highest BCUT2D eigenvalue weighted by atomic mass is 16.5. The summed E-state index contributed by atoms with van der Waals surface area (Å²) in [5.41, 5.74) is 2.59. The number of methoxy groups -OCH3 is 1. The summed E-state index contributed by atoms with van der Waals surface area (Å²) in [5, 5.41) is 10.9. The van der Waals surface area contributed by atoms with E-state index in [-0.39, 0.29) is 5.89 Å². The van der Waals surface area contributed by atoms with Crippen LogP contribution in [0.15, 0.2) is 59.0 Å². The summed E-state index contributed by atoms with van der Waals surface area (Å²) < 4.78 is 16.9. The van der Waals surface area contributed by atoms with Crippen molar-refractivity contribution >= 4 is 5.88 Å². The number of ether oxygens (including phenoxy) is 2. The van der Waals surface area contributed by atoms with Crippen molar-refractivity contribution in [3.8, 4) is 5.75 Å². The number of hydrogen-bond acceptors (Lipinski definition) is 6. The monoisotopic (exact) mass is 380 g/mol. The molecule has 6 heteroatoms. The normalized spacial score (nSPS) is 15.4. The lowest BCUT2D eigenvalue weighted by Crippen LogP contribution is -2.36. The van der Waals surface area contributed by atoms with Crippen LogP contribution >= 0.6 is 0 Å². The molecule has 28 heavy (non-hydrogen) atoms. The van der Waals surface area contributed by atoms with Gasteiger partial charge < -0.3 is 23.9 Å². The number of rotatable bonds is 6. The van der Waals surface area contributed by atoms with Crippen LogP contribution in [0, 0.1) is 0 Å². The standard InChI is InChI=1S/C22H24N2O4/c1-26-19-10-6-5-9-17(19)20(25)21-23-18(15-16-7-3-2-4-8-16)22(28-21)24-11-13-27-14-12-24/h2-10,20,25H,11-15H2,1H3. The zero-order valence-corrected chi connectivity index (χ0v) is 15.9. The van der Waals surface area contributed by atoms with Gasteiger partial charge in [0.2, 0.25) is 11.8 Å². The lowest BCUT2D eigenvalue weighted by Gasteiger charge is -2.26. The number of oxazole rings is 1.